The van der Waals surface area contributed by atoms with E-state index in [1.807, 2.05) is 40.1 Å². The lowest BCUT2D eigenvalue weighted by Gasteiger charge is -2.53. The van der Waals surface area contributed by atoms with Crippen LogP contribution in [0.25, 0.3) is 0 Å². The first-order chi connectivity index (χ1) is 12.5. The molecular formula is C21H28N2O3. The summed E-state index contributed by atoms with van der Waals surface area (Å²) in [5.74, 6) is 1.00. The van der Waals surface area contributed by atoms with Crippen molar-refractivity contribution in [1.82, 2.24) is 9.80 Å². The van der Waals surface area contributed by atoms with Gasteiger partial charge in [0.15, 0.2) is 0 Å². The highest BCUT2D eigenvalue weighted by Gasteiger charge is 2.59. The van der Waals surface area contributed by atoms with Crippen molar-refractivity contribution in [3.05, 3.63) is 35.9 Å². The van der Waals surface area contributed by atoms with Gasteiger partial charge in [-0.1, -0.05) is 44.2 Å². The zero-order valence-electron chi connectivity index (χ0n) is 15.7. The second-order valence-corrected chi connectivity index (χ2v) is 8.22. The van der Waals surface area contributed by atoms with Crippen molar-refractivity contribution in [3.63, 3.8) is 0 Å². The van der Waals surface area contributed by atoms with Crippen LogP contribution in [0.4, 0.5) is 0 Å². The van der Waals surface area contributed by atoms with E-state index in [2.05, 4.69) is 13.8 Å². The SMILES string of the molecule is CC(C)C1COC23CCN(C(=O)Cc4ccccc4)CC2CCC(=O)N13. The van der Waals surface area contributed by atoms with Crippen molar-refractivity contribution in [3.8, 4) is 0 Å². The average Bonchev–Trinajstić information content (AvgIpc) is 3.03. The Morgan fingerprint density at radius 2 is 2.08 bits per heavy atom. The summed E-state index contributed by atoms with van der Waals surface area (Å²) in [5, 5.41) is 0. The Balaban J connectivity index is 1.49. The fraction of sp³-hybridized carbons (Fsp3) is 0.619. The molecule has 2 amide bonds. The largest absolute Gasteiger partial charge is 0.353 e. The first-order valence-electron chi connectivity index (χ1n) is 9.79. The Kier molecular flexibility index (Phi) is 4.51. The number of rotatable bonds is 3. The molecule has 3 saturated heterocycles. The van der Waals surface area contributed by atoms with Crippen LogP contribution < -0.4 is 0 Å². The van der Waals surface area contributed by atoms with Gasteiger partial charge in [-0.25, -0.2) is 0 Å². The highest BCUT2D eigenvalue weighted by atomic mass is 16.5. The maximum atomic E-state index is 12.8. The average molecular weight is 356 g/mol. The molecule has 3 heterocycles. The highest BCUT2D eigenvalue weighted by Crippen LogP contribution is 2.47. The Morgan fingerprint density at radius 3 is 2.81 bits per heavy atom. The zero-order valence-corrected chi connectivity index (χ0v) is 15.7. The van der Waals surface area contributed by atoms with Crippen LogP contribution in [-0.2, 0) is 20.7 Å². The molecule has 0 aliphatic carbocycles. The van der Waals surface area contributed by atoms with Crippen molar-refractivity contribution in [2.24, 2.45) is 11.8 Å². The van der Waals surface area contributed by atoms with E-state index >= 15 is 0 Å². The number of hydrogen-bond acceptors (Lipinski definition) is 3. The molecule has 3 aliphatic rings. The lowest BCUT2D eigenvalue weighted by Crippen LogP contribution is -2.65. The molecule has 4 rings (SSSR count). The third kappa shape index (κ3) is 2.82. The van der Waals surface area contributed by atoms with Crippen LogP contribution in [0.15, 0.2) is 30.3 Å². The van der Waals surface area contributed by atoms with Crippen molar-refractivity contribution < 1.29 is 14.3 Å². The summed E-state index contributed by atoms with van der Waals surface area (Å²) in [4.78, 5) is 29.5. The number of carbonyl (C=O) groups excluding carboxylic acids is 2. The van der Waals surface area contributed by atoms with Gasteiger partial charge in [0.2, 0.25) is 11.8 Å². The second-order valence-electron chi connectivity index (χ2n) is 8.22. The maximum Gasteiger partial charge on any atom is 0.227 e. The van der Waals surface area contributed by atoms with Crippen LogP contribution in [0.3, 0.4) is 0 Å². The van der Waals surface area contributed by atoms with Crippen LogP contribution in [0.2, 0.25) is 0 Å². The molecule has 26 heavy (non-hydrogen) atoms. The molecule has 0 radical (unpaired) electrons. The molecule has 3 atom stereocenters. The van der Waals surface area contributed by atoms with E-state index in [0.717, 1.165) is 18.4 Å². The number of piperidine rings is 2. The summed E-state index contributed by atoms with van der Waals surface area (Å²) in [5.41, 5.74) is 0.573. The summed E-state index contributed by atoms with van der Waals surface area (Å²) in [6.07, 6.45) is 2.56. The summed E-state index contributed by atoms with van der Waals surface area (Å²) in [6, 6.07) is 10.1. The third-order valence-corrected chi connectivity index (χ3v) is 6.36. The first-order valence-corrected chi connectivity index (χ1v) is 9.79. The van der Waals surface area contributed by atoms with Gasteiger partial charge < -0.3 is 14.5 Å². The van der Waals surface area contributed by atoms with E-state index in [9.17, 15) is 9.59 Å². The van der Waals surface area contributed by atoms with Crippen LogP contribution in [0.1, 0.15) is 38.7 Å². The third-order valence-electron chi connectivity index (χ3n) is 6.36. The zero-order chi connectivity index (χ0) is 18.3. The standard InChI is InChI=1S/C21H28N2O3/c1-15(2)18-14-26-21-10-11-22(13-17(21)8-9-19(24)23(18)21)20(25)12-16-6-4-3-5-7-16/h3-7,15,17-18H,8-14H2,1-2H3. The number of hydrogen-bond donors (Lipinski definition) is 0. The molecule has 3 unspecified atom stereocenters. The van der Waals surface area contributed by atoms with Gasteiger partial charge in [0, 0.05) is 31.8 Å². The topological polar surface area (TPSA) is 49.9 Å². The summed E-state index contributed by atoms with van der Waals surface area (Å²) in [7, 11) is 0. The molecule has 5 heteroatoms. The van der Waals surface area contributed by atoms with E-state index in [1.54, 1.807) is 0 Å². The monoisotopic (exact) mass is 356 g/mol. The fourth-order valence-electron chi connectivity index (χ4n) is 4.89. The van der Waals surface area contributed by atoms with Crippen molar-refractivity contribution in [2.45, 2.75) is 51.3 Å². The van der Waals surface area contributed by atoms with Crippen molar-refractivity contribution >= 4 is 11.8 Å². The van der Waals surface area contributed by atoms with Crippen molar-refractivity contribution in [1.29, 1.82) is 0 Å². The Bertz CT molecular complexity index is 690. The quantitative estimate of drug-likeness (QED) is 0.836. The van der Waals surface area contributed by atoms with Gasteiger partial charge in [0.05, 0.1) is 19.1 Å². The predicted octanol–water partition coefficient (Wildman–Crippen LogP) is 2.45. The number of benzene rings is 1. The van der Waals surface area contributed by atoms with E-state index in [-0.39, 0.29) is 23.8 Å². The fourth-order valence-corrected chi connectivity index (χ4v) is 4.89. The van der Waals surface area contributed by atoms with E-state index in [4.69, 9.17) is 4.74 Å². The normalized spacial score (nSPS) is 31.1. The van der Waals surface area contributed by atoms with Crippen LogP contribution in [0.5, 0.6) is 0 Å². The van der Waals surface area contributed by atoms with E-state index in [1.165, 1.54) is 0 Å². The smallest absolute Gasteiger partial charge is 0.227 e. The minimum atomic E-state index is -0.478. The molecule has 0 N–H and O–H groups in total. The number of likely N-dealkylation sites (tertiary alicyclic amines) is 1. The molecule has 0 bridgehead atoms. The molecule has 1 spiro atoms. The summed E-state index contributed by atoms with van der Waals surface area (Å²) in [6.45, 7) is 6.29. The van der Waals surface area contributed by atoms with Gasteiger partial charge in [-0.3, -0.25) is 9.59 Å². The Labute approximate surface area is 155 Å². The first kappa shape index (κ1) is 17.5. The molecule has 1 aromatic carbocycles. The highest BCUT2D eigenvalue weighted by molar-refractivity contribution is 5.80. The maximum absolute atomic E-state index is 12.8. The van der Waals surface area contributed by atoms with Gasteiger partial charge in [-0.05, 0) is 17.9 Å². The molecule has 3 aliphatic heterocycles. The van der Waals surface area contributed by atoms with Crippen LogP contribution >= 0.6 is 0 Å². The van der Waals surface area contributed by atoms with Crippen molar-refractivity contribution in [2.75, 3.05) is 19.7 Å². The second kappa shape index (κ2) is 6.69. The Morgan fingerprint density at radius 1 is 1.31 bits per heavy atom. The van der Waals surface area contributed by atoms with Crippen LogP contribution in [-0.4, -0.2) is 53.1 Å². The van der Waals surface area contributed by atoms with Crippen LogP contribution in [0, 0.1) is 11.8 Å². The number of amides is 2. The lowest BCUT2D eigenvalue weighted by molar-refractivity contribution is -0.193. The minimum Gasteiger partial charge on any atom is -0.353 e. The summed E-state index contributed by atoms with van der Waals surface area (Å²) < 4.78 is 6.31. The minimum absolute atomic E-state index is 0.164. The number of ether oxygens (including phenoxy) is 1. The molecule has 5 nitrogen and oxygen atoms in total. The van der Waals surface area contributed by atoms with E-state index in [0.29, 0.717) is 38.5 Å². The molecule has 3 fully saturated rings. The number of nitrogens with zero attached hydrogens (tertiary/aromatic N) is 2. The summed E-state index contributed by atoms with van der Waals surface area (Å²) >= 11 is 0. The molecule has 140 valence electrons. The molecule has 1 aromatic rings. The van der Waals surface area contributed by atoms with Gasteiger partial charge in [-0.2, -0.15) is 0 Å². The number of carbonyl (C=O) groups is 2. The van der Waals surface area contributed by atoms with Gasteiger partial charge in [0.1, 0.15) is 5.72 Å². The molecular weight excluding hydrogens is 328 g/mol. The Hall–Kier alpha value is -1.88. The van der Waals surface area contributed by atoms with E-state index < -0.39 is 5.72 Å². The lowest BCUT2D eigenvalue weighted by atomic mass is 9.79. The molecule has 0 aromatic heterocycles. The van der Waals surface area contributed by atoms with Gasteiger partial charge in [0.25, 0.3) is 0 Å². The van der Waals surface area contributed by atoms with Gasteiger partial charge in [-0.15, -0.1) is 0 Å². The predicted molar refractivity (Wildman–Crippen MR) is 98.2 cm³/mol. The molecule has 0 saturated carbocycles. The van der Waals surface area contributed by atoms with Gasteiger partial charge >= 0.3 is 0 Å².